The fourth-order valence-electron chi connectivity index (χ4n) is 1.72. The summed E-state index contributed by atoms with van der Waals surface area (Å²) < 4.78 is 1.94. The molecule has 1 aromatic heterocycles. The van der Waals surface area contributed by atoms with Crippen LogP contribution in [0, 0.1) is 0 Å². The van der Waals surface area contributed by atoms with Gasteiger partial charge < -0.3 is 5.32 Å². The smallest absolute Gasteiger partial charge is 0.140 e. The van der Waals surface area contributed by atoms with Gasteiger partial charge in [0.2, 0.25) is 0 Å². The molecule has 0 aliphatic carbocycles. The van der Waals surface area contributed by atoms with Crippen LogP contribution < -0.4 is 5.32 Å². The maximum absolute atomic E-state index is 4.24. The summed E-state index contributed by atoms with van der Waals surface area (Å²) in [7, 11) is 0. The highest BCUT2D eigenvalue weighted by Gasteiger charge is 2.07. The standard InChI is InChI=1S/C11H22N4/c1-4-7-10(5-2)12-8-11-13-9-14-15(11)6-3/h9-10,12H,4-8H2,1-3H3. The van der Waals surface area contributed by atoms with E-state index < -0.39 is 0 Å². The van der Waals surface area contributed by atoms with Crippen molar-refractivity contribution in [1.82, 2.24) is 20.1 Å². The molecule has 4 heteroatoms. The topological polar surface area (TPSA) is 42.7 Å². The van der Waals surface area contributed by atoms with Crippen molar-refractivity contribution in [2.45, 2.75) is 59.2 Å². The van der Waals surface area contributed by atoms with Gasteiger partial charge in [0.1, 0.15) is 12.2 Å². The summed E-state index contributed by atoms with van der Waals surface area (Å²) in [5.41, 5.74) is 0. The SMILES string of the molecule is CCCC(CC)NCc1ncnn1CC. The van der Waals surface area contributed by atoms with Crippen molar-refractivity contribution in [3.05, 3.63) is 12.2 Å². The lowest BCUT2D eigenvalue weighted by atomic mass is 10.1. The zero-order valence-corrected chi connectivity index (χ0v) is 10.0. The van der Waals surface area contributed by atoms with Gasteiger partial charge in [0.25, 0.3) is 0 Å². The molecule has 0 aromatic carbocycles. The maximum atomic E-state index is 4.24. The number of nitrogens with zero attached hydrogens (tertiary/aromatic N) is 3. The van der Waals surface area contributed by atoms with Crippen LogP contribution in [0.4, 0.5) is 0 Å². The molecular formula is C11H22N4. The summed E-state index contributed by atoms with van der Waals surface area (Å²) in [5.74, 6) is 1.03. The Bertz CT molecular complexity index is 269. The number of hydrogen-bond acceptors (Lipinski definition) is 3. The summed E-state index contributed by atoms with van der Waals surface area (Å²) in [6, 6.07) is 0.608. The molecule has 0 bridgehead atoms. The van der Waals surface area contributed by atoms with Gasteiger partial charge in [0.05, 0.1) is 6.54 Å². The van der Waals surface area contributed by atoms with Crippen LogP contribution >= 0.6 is 0 Å². The van der Waals surface area contributed by atoms with Gasteiger partial charge in [-0.05, 0) is 19.8 Å². The number of aryl methyl sites for hydroxylation is 1. The highest BCUT2D eigenvalue weighted by molar-refractivity contribution is 4.84. The van der Waals surface area contributed by atoms with Gasteiger partial charge in [-0.3, -0.25) is 0 Å². The molecule has 1 atom stereocenters. The molecule has 0 aliphatic heterocycles. The molecule has 0 amide bonds. The van der Waals surface area contributed by atoms with Gasteiger partial charge in [-0.2, -0.15) is 5.10 Å². The van der Waals surface area contributed by atoms with E-state index in [0.29, 0.717) is 6.04 Å². The molecular weight excluding hydrogens is 188 g/mol. The lowest BCUT2D eigenvalue weighted by Gasteiger charge is -2.15. The second-order valence-corrected chi connectivity index (χ2v) is 3.77. The van der Waals surface area contributed by atoms with Crippen molar-refractivity contribution >= 4 is 0 Å². The first-order chi connectivity index (χ1) is 7.31. The number of aromatic nitrogens is 3. The fourth-order valence-corrected chi connectivity index (χ4v) is 1.72. The second-order valence-electron chi connectivity index (χ2n) is 3.77. The average molecular weight is 210 g/mol. The minimum atomic E-state index is 0.608. The highest BCUT2D eigenvalue weighted by atomic mass is 15.3. The molecule has 1 rings (SSSR count). The van der Waals surface area contributed by atoms with Crippen molar-refractivity contribution in [1.29, 1.82) is 0 Å². The molecule has 1 N–H and O–H groups in total. The maximum Gasteiger partial charge on any atom is 0.140 e. The largest absolute Gasteiger partial charge is 0.307 e. The van der Waals surface area contributed by atoms with Gasteiger partial charge in [-0.1, -0.05) is 20.3 Å². The first-order valence-corrected chi connectivity index (χ1v) is 5.91. The molecule has 4 nitrogen and oxygen atoms in total. The first-order valence-electron chi connectivity index (χ1n) is 5.91. The van der Waals surface area contributed by atoms with E-state index in [9.17, 15) is 0 Å². The van der Waals surface area contributed by atoms with Crippen LogP contribution in [-0.4, -0.2) is 20.8 Å². The Labute approximate surface area is 92.1 Å². The molecule has 15 heavy (non-hydrogen) atoms. The second kappa shape index (κ2) is 6.56. The Hall–Kier alpha value is -0.900. The third-order valence-corrected chi connectivity index (χ3v) is 2.67. The highest BCUT2D eigenvalue weighted by Crippen LogP contribution is 2.02. The van der Waals surface area contributed by atoms with Crippen LogP contribution in [0.15, 0.2) is 6.33 Å². The Balaban J connectivity index is 2.41. The van der Waals surface area contributed by atoms with Crippen LogP contribution in [-0.2, 0) is 13.1 Å². The van der Waals surface area contributed by atoms with Crippen LogP contribution in [0.2, 0.25) is 0 Å². The van der Waals surface area contributed by atoms with Crippen LogP contribution in [0.1, 0.15) is 45.9 Å². The number of rotatable bonds is 7. The fraction of sp³-hybridized carbons (Fsp3) is 0.818. The van der Waals surface area contributed by atoms with E-state index in [4.69, 9.17) is 0 Å². The summed E-state index contributed by atoms with van der Waals surface area (Å²) in [6.07, 6.45) is 5.26. The molecule has 0 radical (unpaired) electrons. The number of nitrogens with one attached hydrogen (secondary N) is 1. The normalized spacial score (nSPS) is 13.0. The molecule has 0 fully saturated rings. The van der Waals surface area contributed by atoms with E-state index >= 15 is 0 Å². The molecule has 0 saturated carbocycles. The molecule has 86 valence electrons. The molecule has 0 spiro atoms. The van der Waals surface area contributed by atoms with Crippen molar-refractivity contribution in [3.63, 3.8) is 0 Å². The van der Waals surface area contributed by atoms with Gasteiger partial charge >= 0.3 is 0 Å². The third-order valence-electron chi connectivity index (χ3n) is 2.67. The van der Waals surface area contributed by atoms with Crippen molar-refractivity contribution < 1.29 is 0 Å². The van der Waals surface area contributed by atoms with E-state index in [1.165, 1.54) is 19.3 Å². The van der Waals surface area contributed by atoms with Crippen molar-refractivity contribution in [2.24, 2.45) is 0 Å². The zero-order chi connectivity index (χ0) is 11.1. The Kier molecular flexibility index (Phi) is 5.32. The molecule has 0 aliphatic rings. The van der Waals surface area contributed by atoms with Gasteiger partial charge in [-0.15, -0.1) is 0 Å². The lowest BCUT2D eigenvalue weighted by molar-refractivity contribution is 0.445. The Morgan fingerprint density at radius 3 is 2.80 bits per heavy atom. The monoisotopic (exact) mass is 210 g/mol. The van der Waals surface area contributed by atoms with Gasteiger partial charge in [0, 0.05) is 12.6 Å². The third kappa shape index (κ3) is 3.63. The Morgan fingerprint density at radius 2 is 2.20 bits per heavy atom. The van der Waals surface area contributed by atoms with E-state index in [-0.39, 0.29) is 0 Å². The van der Waals surface area contributed by atoms with E-state index in [1.54, 1.807) is 6.33 Å². The Morgan fingerprint density at radius 1 is 1.40 bits per heavy atom. The first kappa shape index (κ1) is 12.2. The summed E-state index contributed by atoms with van der Waals surface area (Å²) in [5, 5.41) is 7.67. The average Bonchev–Trinajstić information content (AvgIpc) is 2.71. The molecule has 1 unspecified atom stereocenters. The molecule has 1 aromatic rings. The van der Waals surface area contributed by atoms with Crippen LogP contribution in [0.5, 0.6) is 0 Å². The summed E-state index contributed by atoms with van der Waals surface area (Å²) in [4.78, 5) is 4.24. The zero-order valence-electron chi connectivity index (χ0n) is 10.0. The van der Waals surface area contributed by atoms with E-state index in [1.807, 2.05) is 4.68 Å². The lowest BCUT2D eigenvalue weighted by Crippen LogP contribution is -2.29. The van der Waals surface area contributed by atoms with Crippen molar-refractivity contribution in [3.8, 4) is 0 Å². The minimum Gasteiger partial charge on any atom is -0.307 e. The summed E-state index contributed by atoms with van der Waals surface area (Å²) in [6.45, 7) is 8.24. The summed E-state index contributed by atoms with van der Waals surface area (Å²) >= 11 is 0. The minimum absolute atomic E-state index is 0.608. The van der Waals surface area contributed by atoms with Crippen LogP contribution in [0.3, 0.4) is 0 Å². The quantitative estimate of drug-likeness (QED) is 0.748. The van der Waals surface area contributed by atoms with Gasteiger partial charge in [0.15, 0.2) is 0 Å². The predicted octanol–water partition coefficient (Wildman–Crippen LogP) is 1.97. The molecule has 1 heterocycles. The van der Waals surface area contributed by atoms with Crippen molar-refractivity contribution in [2.75, 3.05) is 0 Å². The van der Waals surface area contributed by atoms with E-state index in [0.717, 1.165) is 18.9 Å². The van der Waals surface area contributed by atoms with Crippen LogP contribution in [0.25, 0.3) is 0 Å². The number of hydrogen-bond donors (Lipinski definition) is 1. The predicted molar refractivity (Wildman–Crippen MR) is 61.5 cm³/mol. The molecule has 0 saturated heterocycles. The van der Waals surface area contributed by atoms with E-state index in [2.05, 4.69) is 36.2 Å². The van der Waals surface area contributed by atoms with Gasteiger partial charge in [-0.25, -0.2) is 9.67 Å².